The summed E-state index contributed by atoms with van der Waals surface area (Å²) in [6, 6.07) is 10.8. The lowest BCUT2D eigenvalue weighted by Crippen LogP contribution is -2.37. The molecule has 0 atom stereocenters. The minimum absolute atomic E-state index is 0.150. The molecule has 0 unspecified atom stereocenters. The first kappa shape index (κ1) is 17.2. The molecule has 0 saturated carbocycles. The summed E-state index contributed by atoms with van der Waals surface area (Å²) >= 11 is 0. The molecule has 2 aromatic rings. The molecule has 2 N–H and O–H groups in total. The zero-order valence-electron chi connectivity index (χ0n) is 12.9. The number of aryl methyl sites for hydroxylation is 1. The smallest absolute Gasteiger partial charge is 0.235 e. The monoisotopic (exact) mass is 336 g/mol. The second kappa shape index (κ2) is 7.94. The highest BCUT2D eigenvalue weighted by atomic mass is 32.2. The van der Waals surface area contributed by atoms with Gasteiger partial charge in [-0.3, -0.25) is 4.79 Å². The van der Waals surface area contributed by atoms with Crippen LogP contribution in [0, 0.1) is 0 Å². The van der Waals surface area contributed by atoms with Crippen LogP contribution in [0.4, 0.5) is 0 Å². The van der Waals surface area contributed by atoms with Gasteiger partial charge in [-0.1, -0.05) is 31.2 Å². The topological polar surface area (TPSA) is 88.4 Å². The van der Waals surface area contributed by atoms with Crippen LogP contribution in [-0.2, 0) is 33.5 Å². The van der Waals surface area contributed by atoms with Crippen LogP contribution in [0.3, 0.4) is 0 Å². The van der Waals surface area contributed by atoms with Gasteiger partial charge in [-0.2, -0.15) is 0 Å². The molecule has 0 saturated heterocycles. The van der Waals surface area contributed by atoms with E-state index in [4.69, 9.17) is 4.42 Å². The van der Waals surface area contributed by atoms with E-state index >= 15 is 0 Å². The zero-order chi connectivity index (χ0) is 16.7. The van der Waals surface area contributed by atoms with Crippen molar-refractivity contribution in [1.82, 2.24) is 10.0 Å². The molecule has 1 heterocycles. The van der Waals surface area contributed by atoms with Gasteiger partial charge in [-0.05, 0) is 29.7 Å². The molecule has 124 valence electrons. The average molecular weight is 336 g/mol. The van der Waals surface area contributed by atoms with Gasteiger partial charge in [0.25, 0.3) is 0 Å². The van der Waals surface area contributed by atoms with Gasteiger partial charge in [-0.15, -0.1) is 0 Å². The molecular weight excluding hydrogens is 316 g/mol. The number of nitrogens with one attached hydrogen (secondary N) is 2. The molecule has 1 amide bonds. The Morgan fingerprint density at radius 3 is 2.43 bits per heavy atom. The molecule has 1 aromatic carbocycles. The average Bonchev–Trinajstić information content (AvgIpc) is 3.05. The standard InChI is InChI=1S/C16H20N2O4S/c1-2-13-5-7-14(8-6-13)12-23(20,21)18-11-16(19)17-10-15-4-3-9-22-15/h3-9,18H,2,10-12H2,1H3,(H,17,19). The number of amides is 1. The Kier molecular flexibility index (Phi) is 5.95. The summed E-state index contributed by atoms with van der Waals surface area (Å²) in [7, 11) is -3.56. The van der Waals surface area contributed by atoms with Gasteiger partial charge >= 0.3 is 0 Å². The summed E-state index contributed by atoms with van der Waals surface area (Å²) in [5.74, 6) is 0.0474. The number of rotatable bonds is 8. The van der Waals surface area contributed by atoms with Crippen molar-refractivity contribution in [3.05, 3.63) is 59.5 Å². The van der Waals surface area contributed by atoms with E-state index in [2.05, 4.69) is 10.0 Å². The second-order valence-corrected chi connectivity index (χ2v) is 6.91. The lowest BCUT2D eigenvalue weighted by atomic mass is 10.1. The number of sulfonamides is 1. The Labute approximate surface area is 135 Å². The van der Waals surface area contributed by atoms with Crippen molar-refractivity contribution < 1.29 is 17.6 Å². The van der Waals surface area contributed by atoms with Crippen LogP contribution in [0.15, 0.2) is 47.1 Å². The molecule has 0 fully saturated rings. The highest BCUT2D eigenvalue weighted by molar-refractivity contribution is 7.88. The fraction of sp³-hybridized carbons (Fsp3) is 0.312. The van der Waals surface area contributed by atoms with Gasteiger partial charge in [0.2, 0.25) is 15.9 Å². The summed E-state index contributed by atoms with van der Waals surface area (Å²) in [5.41, 5.74) is 1.84. The highest BCUT2D eigenvalue weighted by Gasteiger charge is 2.13. The van der Waals surface area contributed by atoms with Gasteiger partial charge in [0.1, 0.15) is 5.76 Å². The number of hydrogen-bond donors (Lipinski definition) is 2. The van der Waals surface area contributed by atoms with Gasteiger partial charge < -0.3 is 9.73 Å². The Balaban J connectivity index is 1.79. The van der Waals surface area contributed by atoms with Crippen LogP contribution in [0.25, 0.3) is 0 Å². The molecule has 0 aliphatic rings. The minimum Gasteiger partial charge on any atom is -0.467 e. The zero-order valence-corrected chi connectivity index (χ0v) is 13.7. The summed E-state index contributed by atoms with van der Waals surface area (Å²) in [6.07, 6.45) is 2.41. The lowest BCUT2D eigenvalue weighted by Gasteiger charge is -2.08. The van der Waals surface area contributed by atoms with Crippen molar-refractivity contribution in [3.8, 4) is 0 Å². The molecule has 0 radical (unpaired) electrons. The first-order chi connectivity index (χ1) is 11.0. The number of benzene rings is 1. The number of hydrogen-bond acceptors (Lipinski definition) is 4. The second-order valence-electron chi connectivity index (χ2n) is 5.11. The third-order valence-corrected chi connectivity index (χ3v) is 4.58. The van der Waals surface area contributed by atoms with E-state index in [9.17, 15) is 13.2 Å². The van der Waals surface area contributed by atoms with Crippen molar-refractivity contribution in [2.75, 3.05) is 6.54 Å². The molecule has 7 heteroatoms. The molecule has 0 aliphatic heterocycles. The van der Waals surface area contributed by atoms with Crippen LogP contribution in [0.1, 0.15) is 23.8 Å². The SMILES string of the molecule is CCc1ccc(CS(=O)(=O)NCC(=O)NCc2ccco2)cc1. The molecule has 0 bridgehead atoms. The Morgan fingerprint density at radius 2 is 1.83 bits per heavy atom. The summed E-state index contributed by atoms with van der Waals surface area (Å²) in [6.45, 7) is 1.97. The normalized spacial score (nSPS) is 11.3. The van der Waals surface area contributed by atoms with Crippen molar-refractivity contribution in [2.45, 2.75) is 25.6 Å². The lowest BCUT2D eigenvalue weighted by molar-refractivity contribution is -0.120. The Hall–Kier alpha value is -2.12. The molecule has 0 aliphatic carbocycles. The van der Waals surface area contributed by atoms with Crippen molar-refractivity contribution in [1.29, 1.82) is 0 Å². The van der Waals surface area contributed by atoms with Crippen molar-refractivity contribution >= 4 is 15.9 Å². The van der Waals surface area contributed by atoms with Gasteiger partial charge in [-0.25, -0.2) is 13.1 Å². The quantitative estimate of drug-likeness (QED) is 0.766. The predicted molar refractivity (Wildman–Crippen MR) is 87.0 cm³/mol. The van der Waals surface area contributed by atoms with E-state index in [1.54, 1.807) is 24.3 Å². The number of carbonyl (C=O) groups excluding carboxylic acids is 1. The predicted octanol–water partition coefficient (Wildman–Crippen LogP) is 1.58. The Morgan fingerprint density at radius 1 is 1.13 bits per heavy atom. The van der Waals surface area contributed by atoms with Crippen molar-refractivity contribution in [3.63, 3.8) is 0 Å². The van der Waals surface area contributed by atoms with E-state index in [1.165, 1.54) is 6.26 Å². The third-order valence-electron chi connectivity index (χ3n) is 3.28. The summed E-state index contributed by atoms with van der Waals surface area (Å²) < 4.78 is 31.3. The van der Waals surface area contributed by atoms with Crippen LogP contribution in [0.5, 0.6) is 0 Å². The molecular formula is C16H20N2O4S. The summed E-state index contributed by atoms with van der Waals surface area (Å²) in [4.78, 5) is 11.6. The molecule has 1 aromatic heterocycles. The molecule has 0 spiro atoms. The fourth-order valence-electron chi connectivity index (χ4n) is 1.98. The number of furan rings is 1. The first-order valence-corrected chi connectivity index (χ1v) is 8.98. The fourth-order valence-corrected chi connectivity index (χ4v) is 3.06. The maximum Gasteiger partial charge on any atom is 0.235 e. The summed E-state index contributed by atoms with van der Waals surface area (Å²) in [5, 5.41) is 2.58. The van der Waals surface area contributed by atoms with Gasteiger partial charge in [0.15, 0.2) is 0 Å². The van der Waals surface area contributed by atoms with E-state index in [0.29, 0.717) is 11.3 Å². The third kappa shape index (κ3) is 5.88. The molecule has 2 rings (SSSR count). The van der Waals surface area contributed by atoms with Gasteiger partial charge in [0, 0.05) is 0 Å². The van der Waals surface area contributed by atoms with E-state index in [0.717, 1.165) is 12.0 Å². The molecule has 6 nitrogen and oxygen atoms in total. The largest absolute Gasteiger partial charge is 0.467 e. The van der Waals surface area contributed by atoms with E-state index < -0.39 is 15.9 Å². The Bertz CT molecular complexity index is 722. The van der Waals surface area contributed by atoms with E-state index in [-0.39, 0.29) is 18.8 Å². The van der Waals surface area contributed by atoms with Crippen molar-refractivity contribution in [2.24, 2.45) is 0 Å². The molecule has 23 heavy (non-hydrogen) atoms. The minimum atomic E-state index is -3.56. The van der Waals surface area contributed by atoms with Crippen LogP contribution in [-0.4, -0.2) is 20.9 Å². The van der Waals surface area contributed by atoms with Gasteiger partial charge in [0.05, 0.1) is 25.1 Å². The van der Waals surface area contributed by atoms with Crippen LogP contribution >= 0.6 is 0 Å². The van der Waals surface area contributed by atoms with Crippen LogP contribution in [0.2, 0.25) is 0 Å². The first-order valence-electron chi connectivity index (χ1n) is 7.33. The highest BCUT2D eigenvalue weighted by Crippen LogP contribution is 2.08. The van der Waals surface area contributed by atoms with E-state index in [1.807, 2.05) is 19.1 Å². The maximum atomic E-state index is 12.0. The maximum absolute atomic E-state index is 12.0. The number of carbonyl (C=O) groups is 1. The van der Waals surface area contributed by atoms with Crippen LogP contribution < -0.4 is 10.0 Å².